The molecule has 1 aromatic carbocycles. The van der Waals surface area contributed by atoms with Crippen LogP contribution in [0, 0.1) is 0 Å². The molecule has 0 aliphatic carbocycles. The average Bonchev–Trinajstić information content (AvgIpc) is 2.95. The Bertz CT molecular complexity index is 639. The number of rotatable bonds is 7. The van der Waals surface area contributed by atoms with Crippen LogP contribution in [0.15, 0.2) is 24.3 Å². The summed E-state index contributed by atoms with van der Waals surface area (Å²) in [6.45, 7) is 2.38. The molecular formula is C15H20N4O3. The smallest absolute Gasteiger partial charge is 0.241 e. The number of hydrogen-bond donors (Lipinski definition) is 2. The first kappa shape index (κ1) is 16.0. The average molecular weight is 304 g/mol. The molecule has 0 spiro atoms. The fourth-order valence-corrected chi connectivity index (χ4v) is 2.16. The maximum atomic E-state index is 11.9. The number of carbonyl (C=O) groups is 1. The van der Waals surface area contributed by atoms with Crippen LogP contribution in [0.5, 0.6) is 5.75 Å². The highest BCUT2D eigenvalue weighted by atomic mass is 16.5. The number of ether oxygens (including phenoxy) is 1. The lowest BCUT2D eigenvalue weighted by Gasteiger charge is -2.11. The van der Waals surface area contributed by atoms with E-state index in [1.165, 1.54) is 4.68 Å². The van der Waals surface area contributed by atoms with Gasteiger partial charge in [0.15, 0.2) is 0 Å². The first-order valence-corrected chi connectivity index (χ1v) is 7.14. The Kier molecular flexibility index (Phi) is 5.48. The van der Waals surface area contributed by atoms with Crippen LogP contribution in [0.1, 0.15) is 19.0 Å². The van der Waals surface area contributed by atoms with Gasteiger partial charge in [-0.15, -0.1) is 5.10 Å². The summed E-state index contributed by atoms with van der Waals surface area (Å²) >= 11 is 0. The van der Waals surface area contributed by atoms with Crippen LogP contribution in [0.3, 0.4) is 0 Å². The van der Waals surface area contributed by atoms with Crippen molar-refractivity contribution in [3.05, 3.63) is 30.0 Å². The summed E-state index contributed by atoms with van der Waals surface area (Å²) in [6.07, 6.45) is 0.865. The van der Waals surface area contributed by atoms with E-state index in [-0.39, 0.29) is 19.1 Å². The standard InChI is InChI=1S/C15H20N4O3/c1-3-8-16-14(21)9-19-15(12(10-20)17-18-19)11-6-4-5-7-13(11)22-2/h4-7,20H,3,8-10H2,1-2H3,(H,16,21). The number of methoxy groups -OCH3 is 1. The molecule has 1 heterocycles. The lowest BCUT2D eigenvalue weighted by atomic mass is 10.1. The molecule has 0 aliphatic heterocycles. The first-order chi connectivity index (χ1) is 10.7. The number of para-hydroxylation sites is 1. The van der Waals surface area contributed by atoms with E-state index in [4.69, 9.17) is 4.74 Å². The number of aliphatic hydroxyl groups excluding tert-OH is 1. The molecule has 2 rings (SSSR count). The molecule has 7 nitrogen and oxygen atoms in total. The summed E-state index contributed by atoms with van der Waals surface area (Å²) in [5, 5.41) is 20.2. The van der Waals surface area contributed by atoms with Gasteiger partial charge in [-0.3, -0.25) is 4.79 Å². The van der Waals surface area contributed by atoms with Crippen LogP contribution in [0.25, 0.3) is 11.3 Å². The maximum absolute atomic E-state index is 11.9. The van der Waals surface area contributed by atoms with Gasteiger partial charge in [-0.1, -0.05) is 24.3 Å². The van der Waals surface area contributed by atoms with Gasteiger partial charge in [-0.2, -0.15) is 0 Å². The fraction of sp³-hybridized carbons (Fsp3) is 0.400. The second-order valence-electron chi connectivity index (χ2n) is 4.75. The predicted molar refractivity (Wildman–Crippen MR) is 81.2 cm³/mol. The van der Waals surface area contributed by atoms with Crippen molar-refractivity contribution in [1.82, 2.24) is 20.3 Å². The number of aromatic nitrogens is 3. The van der Waals surface area contributed by atoms with Crippen molar-refractivity contribution in [2.45, 2.75) is 26.5 Å². The highest BCUT2D eigenvalue weighted by Gasteiger charge is 2.19. The van der Waals surface area contributed by atoms with Gasteiger partial charge in [0, 0.05) is 12.1 Å². The van der Waals surface area contributed by atoms with E-state index in [1.54, 1.807) is 7.11 Å². The van der Waals surface area contributed by atoms with Crippen molar-refractivity contribution in [3.63, 3.8) is 0 Å². The van der Waals surface area contributed by atoms with Crippen LogP contribution in [0.2, 0.25) is 0 Å². The number of nitrogens with one attached hydrogen (secondary N) is 1. The molecule has 0 saturated carbocycles. The molecule has 0 fully saturated rings. The summed E-state index contributed by atoms with van der Waals surface area (Å²) in [7, 11) is 1.57. The minimum atomic E-state index is -0.260. The number of aliphatic hydroxyl groups is 1. The predicted octanol–water partition coefficient (Wildman–Crippen LogP) is 0.972. The lowest BCUT2D eigenvalue weighted by Crippen LogP contribution is -2.28. The highest BCUT2D eigenvalue weighted by molar-refractivity contribution is 5.77. The van der Waals surface area contributed by atoms with Crippen molar-refractivity contribution < 1.29 is 14.6 Å². The molecule has 1 amide bonds. The topological polar surface area (TPSA) is 89.3 Å². The normalized spacial score (nSPS) is 10.5. The summed E-state index contributed by atoms with van der Waals surface area (Å²) in [4.78, 5) is 11.9. The van der Waals surface area contributed by atoms with Gasteiger partial charge in [0.05, 0.1) is 19.4 Å². The van der Waals surface area contributed by atoms with Gasteiger partial charge >= 0.3 is 0 Å². The second kappa shape index (κ2) is 7.56. The fourth-order valence-electron chi connectivity index (χ4n) is 2.16. The Labute approximate surface area is 128 Å². The molecule has 0 saturated heterocycles. The van der Waals surface area contributed by atoms with Crippen molar-refractivity contribution in [2.75, 3.05) is 13.7 Å². The number of amides is 1. The van der Waals surface area contributed by atoms with Gasteiger partial charge in [0.25, 0.3) is 0 Å². The van der Waals surface area contributed by atoms with Gasteiger partial charge in [0.1, 0.15) is 18.0 Å². The zero-order valence-electron chi connectivity index (χ0n) is 12.7. The van der Waals surface area contributed by atoms with Crippen LogP contribution in [-0.2, 0) is 17.9 Å². The zero-order valence-corrected chi connectivity index (χ0v) is 12.7. The van der Waals surface area contributed by atoms with E-state index in [0.717, 1.165) is 12.0 Å². The van der Waals surface area contributed by atoms with Crippen molar-refractivity contribution in [2.24, 2.45) is 0 Å². The molecule has 0 aliphatic rings. The molecule has 0 atom stereocenters. The number of benzene rings is 1. The highest BCUT2D eigenvalue weighted by Crippen LogP contribution is 2.31. The Balaban J connectivity index is 2.37. The molecule has 2 aromatic rings. The third-order valence-corrected chi connectivity index (χ3v) is 3.18. The van der Waals surface area contributed by atoms with Crippen LogP contribution in [-0.4, -0.2) is 39.7 Å². The van der Waals surface area contributed by atoms with Crippen LogP contribution in [0.4, 0.5) is 0 Å². The number of hydrogen-bond acceptors (Lipinski definition) is 5. The second-order valence-corrected chi connectivity index (χ2v) is 4.75. The third-order valence-electron chi connectivity index (χ3n) is 3.18. The quantitative estimate of drug-likeness (QED) is 0.795. The minimum Gasteiger partial charge on any atom is -0.496 e. The molecule has 2 N–H and O–H groups in total. The Morgan fingerprint density at radius 3 is 2.86 bits per heavy atom. The minimum absolute atomic E-state index is 0.0420. The maximum Gasteiger partial charge on any atom is 0.241 e. The molecule has 1 aromatic heterocycles. The first-order valence-electron chi connectivity index (χ1n) is 7.14. The van der Waals surface area contributed by atoms with Crippen LogP contribution >= 0.6 is 0 Å². The van der Waals surface area contributed by atoms with E-state index in [9.17, 15) is 9.90 Å². The molecule has 0 bridgehead atoms. The molecule has 0 radical (unpaired) electrons. The molecule has 0 unspecified atom stereocenters. The summed E-state index contributed by atoms with van der Waals surface area (Å²) in [6, 6.07) is 7.36. The summed E-state index contributed by atoms with van der Waals surface area (Å²) in [5.41, 5.74) is 1.74. The lowest BCUT2D eigenvalue weighted by molar-refractivity contribution is -0.121. The van der Waals surface area contributed by atoms with Gasteiger partial charge in [-0.25, -0.2) is 4.68 Å². The van der Waals surface area contributed by atoms with E-state index >= 15 is 0 Å². The van der Waals surface area contributed by atoms with Gasteiger partial charge in [-0.05, 0) is 18.6 Å². The van der Waals surface area contributed by atoms with E-state index < -0.39 is 0 Å². The monoisotopic (exact) mass is 304 g/mol. The third kappa shape index (κ3) is 3.43. The molecule has 7 heteroatoms. The Morgan fingerprint density at radius 1 is 1.41 bits per heavy atom. The van der Waals surface area contributed by atoms with E-state index in [2.05, 4.69) is 15.6 Å². The molecular weight excluding hydrogens is 284 g/mol. The molecule has 118 valence electrons. The number of nitrogens with zero attached hydrogens (tertiary/aromatic N) is 3. The summed E-state index contributed by atoms with van der Waals surface area (Å²) < 4.78 is 6.82. The molecule has 22 heavy (non-hydrogen) atoms. The summed E-state index contributed by atoms with van der Waals surface area (Å²) in [5.74, 6) is 0.488. The van der Waals surface area contributed by atoms with E-state index in [1.807, 2.05) is 31.2 Å². The Hall–Kier alpha value is -2.41. The van der Waals surface area contributed by atoms with E-state index in [0.29, 0.717) is 23.7 Å². The SMILES string of the molecule is CCCNC(=O)Cn1nnc(CO)c1-c1ccccc1OC. The van der Waals surface area contributed by atoms with Gasteiger partial charge in [0.2, 0.25) is 5.91 Å². The van der Waals surface area contributed by atoms with Gasteiger partial charge < -0.3 is 15.2 Å². The largest absolute Gasteiger partial charge is 0.496 e. The Morgan fingerprint density at radius 2 is 2.18 bits per heavy atom. The van der Waals surface area contributed by atoms with Crippen molar-refractivity contribution >= 4 is 5.91 Å². The van der Waals surface area contributed by atoms with Crippen LogP contribution < -0.4 is 10.1 Å². The van der Waals surface area contributed by atoms with Crippen molar-refractivity contribution in [3.8, 4) is 17.0 Å². The number of carbonyl (C=O) groups excluding carboxylic acids is 1. The zero-order chi connectivity index (χ0) is 15.9. The van der Waals surface area contributed by atoms with Crippen molar-refractivity contribution in [1.29, 1.82) is 0 Å².